The van der Waals surface area contributed by atoms with Crippen molar-refractivity contribution in [3.63, 3.8) is 0 Å². The monoisotopic (exact) mass is 245 g/mol. The first-order valence-corrected chi connectivity index (χ1v) is 6.88. The van der Waals surface area contributed by atoms with Crippen LogP contribution in [-0.4, -0.2) is 38.3 Å². The summed E-state index contributed by atoms with van der Waals surface area (Å²) in [6.45, 7) is 6.14. The van der Waals surface area contributed by atoms with Crippen LogP contribution in [0, 0.1) is 0 Å². The second-order valence-electron chi connectivity index (χ2n) is 4.51. The molecule has 0 spiro atoms. The Balaban J connectivity index is 2.13. The molecule has 0 aromatic carbocycles. The third-order valence-corrected chi connectivity index (χ3v) is 3.10. The van der Waals surface area contributed by atoms with Gasteiger partial charge in [-0.2, -0.15) is 0 Å². The van der Waals surface area contributed by atoms with Gasteiger partial charge in [-0.1, -0.05) is 0 Å². The minimum atomic E-state index is -0.255. The van der Waals surface area contributed by atoms with Crippen LogP contribution in [0.2, 0.25) is 0 Å². The molecule has 1 aliphatic heterocycles. The zero-order valence-electron chi connectivity index (χ0n) is 11.2. The molecule has 0 saturated carbocycles. The minimum absolute atomic E-state index is 0.0312. The van der Waals surface area contributed by atoms with E-state index in [2.05, 4.69) is 0 Å². The van der Waals surface area contributed by atoms with Gasteiger partial charge in [0, 0.05) is 19.8 Å². The topological polar surface area (TPSA) is 53.7 Å². The third-order valence-electron chi connectivity index (χ3n) is 3.10. The normalized spacial score (nSPS) is 22.2. The van der Waals surface area contributed by atoms with E-state index < -0.39 is 0 Å². The summed E-state index contributed by atoms with van der Waals surface area (Å²) in [6.07, 6.45) is 5.74. The number of hydrogen-bond donors (Lipinski definition) is 1. The maximum absolute atomic E-state index is 6.08. The highest BCUT2D eigenvalue weighted by Crippen LogP contribution is 2.18. The van der Waals surface area contributed by atoms with Crippen LogP contribution < -0.4 is 5.73 Å². The summed E-state index contributed by atoms with van der Waals surface area (Å²) in [4.78, 5) is 0. The molecule has 4 nitrogen and oxygen atoms in total. The van der Waals surface area contributed by atoms with Crippen molar-refractivity contribution in [2.45, 2.75) is 64.4 Å². The molecule has 1 aliphatic rings. The van der Waals surface area contributed by atoms with Gasteiger partial charge in [-0.05, 0) is 46.0 Å². The first kappa shape index (κ1) is 14.9. The summed E-state index contributed by atoms with van der Waals surface area (Å²) in [5.74, 6) is 0. The molecule has 1 saturated heterocycles. The average molecular weight is 245 g/mol. The van der Waals surface area contributed by atoms with Crippen molar-refractivity contribution in [2.24, 2.45) is 5.73 Å². The SMILES string of the molecule is CCOC(OCC)C(N)CCCC1CCCO1. The largest absolute Gasteiger partial charge is 0.378 e. The van der Waals surface area contributed by atoms with Crippen LogP contribution in [0.15, 0.2) is 0 Å². The lowest BCUT2D eigenvalue weighted by Gasteiger charge is -2.23. The van der Waals surface area contributed by atoms with E-state index in [1.165, 1.54) is 12.8 Å². The van der Waals surface area contributed by atoms with E-state index in [0.717, 1.165) is 25.9 Å². The third kappa shape index (κ3) is 5.82. The maximum Gasteiger partial charge on any atom is 0.172 e. The zero-order valence-corrected chi connectivity index (χ0v) is 11.2. The van der Waals surface area contributed by atoms with Gasteiger partial charge in [-0.3, -0.25) is 0 Å². The van der Waals surface area contributed by atoms with Crippen LogP contribution >= 0.6 is 0 Å². The van der Waals surface area contributed by atoms with Crippen molar-refractivity contribution in [3.8, 4) is 0 Å². The van der Waals surface area contributed by atoms with Crippen molar-refractivity contribution in [1.29, 1.82) is 0 Å². The van der Waals surface area contributed by atoms with Gasteiger partial charge in [-0.25, -0.2) is 0 Å². The fourth-order valence-corrected chi connectivity index (χ4v) is 2.21. The molecule has 0 amide bonds. The Labute approximate surface area is 105 Å². The van der Waals surface area contributed by atoms with Gasteiger partial charge in [0.05, 0.1) is 12.1 Å². The fourth-order valence-electron chi connectivity index (χ4n) is 2.21. The van der Waals surface area contributed by atoms with Crippen molar-refractivity contribution in [3.05, 3.63) is 0 Å². The first-order chi connectivity index (χ1) is 8.27. The molecule has 102 valence electrons. The Morgan fingerprint density at radius 1 is 1.29 bits per heavy atom. The zero-order chi connectivity index (χ0) is 12.5. The number of nitrogens with two attached hydrogens (primary N) is 1. The highest BCUT2D eigenvalue weighted by atomic mass is 16.7. The molecule has 0 aromatic heterocycles. The van der Waals surface area contributed by atoms with Crippen LogP contribution in [0.5, 0.6) is 0 Å². The van der Waals surface area contributed by atoms with Gasteiger partial charge in [0.2, 0.25) is 0 Å². The number of ether oxygens (including phenoxy) is 3. The van der Waals surface area contributed by atoms with Gasteiger partial charge in [0.1, 0.15) is 0 Å². The summed E-state index contributed by atoms with van der Waals surface area (Å²) < 4.78 is 16.6. The average Bonchev–Trinajstić information content (AvgIpc) is 2.81. The molecule has 0 bridgehead atoms. The molecule has 2 unspecified atom stereocenters. The Kier molecular flexibility index (Phi) is 7.77. The molecule has 2 atom stereocenters. The highest BCUT2D eigenvalue weighted by Gasteiger charge is 2.20. The Hall–Kier alpha value is -0.160. The molecule has 1 fully saturated rings. The second-order valence-corrected chi connectivity index (χ2v) is 4.51. The van der Waals surface area contributed by atoms with Gasteiger partial charge >= 0.3 is 0 Å². The van der Waals surface area contributed by atoms with Crippen LogP contribution in [0.3, 0.4) is 0 Å². The molecular formula is C13H27NO3. The summed E-state index contributed by atoms with van der Waals surface area (Å²) in [7, 11) is 0. The van der Waals surface area contributed by atoms with Crippen LogP contribution in [-0.2, 0) is 14.2 Å². The molecule has 2 N–H and O–H groups in total. The lowest BCUT2D eigenvalue weighted by molar-refractivity contribution is -0.149. The van der Waals surface area contributed by atoms with Gasteiger partial charge in [0.15, 0.2) is 6.29 Å². The maximum atomic E-state index is 6.08. The van der Waals surface area contributed by atoms with Crippen LogP contribution in [0.25, 0.3) is 0 Å². The summed E-state index contributed by atoms with van der Waals surface area (Å²) >= 11 is 0. The quantitative estimate of drug-likeness (QED) is 0.632. The highest BCUT2D eigenvalue weighted by molar-refractivity contribution is 4.70. The molecule has 4 heteroatoms. The van der Waals surface area contributed by atoms with Crippen molar-refractivity contribution >= 4 is 0 Å². The van der Waals surface area contributed by atoms with Gasteiger partial charge in [-0.15, -0.1) is 0 Å². The molecule has 0 aliphatic carbocycles. The van der Waals surface area contributed by atoms with E-state index in [1.807, 2.05) is 13.8 Å². The van der Waals surface area contributed by atoms with Crippen LogP contribution in [0.1, 0.15) is 46.0 Å². The molecule has 0 radical (unpaired) electrons. The van der Waals surface area contributed by atoms with E-state index in [4.69, 9.17) is 19.9 Å². The van der Waals surface area contributed by atoms with Crippen molar-refractivity contribution in [1.82, 2.24) is 0 Å². The molecule has 17 heavy (non-hydrogen) atoms. The van der Waals surface area contributed by atoms with Crippen LogP contribution in [0.4, 0.5) is 0 Å². The lowest BCUT2D eigenvalue weighted by Crippen LogP contribution is -2.39. The molecular weight excluding hydrogens is 218 g/mol. The lowest BCUT2D eigenvalue weighted by atomic mass is 10.1. The fraction of sp³-hybridized carbons (Fsp3) is 1.00. The summed E-state index contributed by atoms with van der Waals surface area (Å²) in [5.41, 5.74) is 6.08. The second kappa shape index (κ2) is 8.86. The first-order valence-electron chi connectivity index (χ1n) is 6.88. The Morgan fingerprint density at radius 3 is 2.53 bits per heavy atom. The Morgan fingerprint density at radius 2 is 2.00 bits per heavy atom. The van der Waals surface area contributed by atoms with E-state index in [1.54, 1.807) is 0 Å². The number of hydrogen-bond acceptors (Lipinski definition) is 4. The smallest absolute Gasteiger partial charge is 0.172 e. The van der Waals surface area contributed by atoms with E-state index in [0.29, 0.717) is 19.3 Å². The van der Waals surface area contributed by atoms with Gasteiger partial charge < -0.3 is 19.9 Å². The summed E-state index contributed by atoms with van der Waals surface area (Å²) in [6, 6.07) is -0.0312. The van der Waals surface area contributed by atoms with Crippen molar-refractivity contribution in [2.75, 3.05) is 19.8 Å². The predicted octanol–water partition coefficient (Wildman–Crippen LogP) is 2.06. The van der Waals surface area contributed by atoms with E-state index in [9.17, 15) is 0 Å². The summed E-state index contributed by atoms with van der Waals surface area (Å²) in [5, 5.41) is 0. The van der Waals surface area contributed by atoms with E-state index in [-0.39, 0.29) is 12.3 Å². The van der Waals surface area contributed by atoms with E-state index >= 15 is 0 Å². The molecule has 1 heterocycles. The van der Waals surface area contributed by atoms with Crippen molar-refractivity contribution < 1.29 is 14.2 Å². The molecule has 0 aromatic rings. The molecule has 1 rings (SSSR count). The number of rotatable bonds is 9. The minimum Gasteiger partial charge on any atom is -0.378 e. The van der Waals surface area contributed by atoms with Gasteiger partial charge in [0.25, 0.3) is 0 Å². The Bertz CT molecular complexity index is 178. The standard InChI is InChI=1S/C13H27NO3/c1-3-15-13(16-4-2)12(14)9-5-7-11-8-6-10-17-11/h11-13H,3-10,14H2,1-2H3. The predicted molar refractivity (Wildman–Crippen MR) is 67.8 cm³/mol.